The molecule has 0 radical (unpaired) electrons. The molecule has 0 saturated heterocycles. The molecular formula is C12H18N6. The molecule has 2 aromatic rings. The summed E-state index contributed by atoms with van der Waals surface area (Å²) in [6.45, 7) is 6.99. The van der Waals surface area contributed by atoms with Crippen molar-refractivity contribution >= 4 is 11.8 Å². The van der Waals surface area contributed by atoms with Gasteiger partial charge in [0, 0.05) is 18.8 Å². The molecule has 96 valence electrons. The van der Waals surface area contributed by atoms with E-state index in [1.807, 2.05) is 25.3 Å². The van der Waals surface area contributed by atoms with Gasteiger partial charge in [-0.25, -0.2) is 4.68 Å². The third-order valence-corrected chi connectivity index (χ3v) is 2.52. The highest BCUT2D eigenvalue weighted by Crippen LogP contribution is 2.15. The van der Waals surface area contributed by atoms with E-state index in [4.69, 9.17) is 5.73 Å². The topological polar surface area (TPSA) is 81.7 Å². The first-order chi connectivity index (χ1) is 8.60. The highest BCUT2D eigenvalue weighted by Gasteiger charge is 2.08. The minimum Gasteiger partial charge on any atom is -0.370 e. The van der Waals surface area contributed by atoms with E-state index in [1.165, 1.54) is 0 Å². The molecule has 2 rings (SSSR count). The summed E-state index contributed by atoms with van der Waals surface area (Å²) >= 11 is 0. The Morgan fingerprint density at radius 3 is 2.78 bits per heavy atom. The Balaban J connectivity index is 2.36. The molecule has 0 aliphatic rings. The molecule has 0 unspecified atom stereocenters. The molecule has 3 N–H and O–H groups in total. The van der Waals surface area contributed by atoms with Crippen LogP contribution in [0.4, 0.5) is 11.8 Å². The zero-order valence-electron chi connectivity index (χ0n) is 10.9. The molecule has 0 bridgehead atoms. The second-order valence-corrected chi connectivity index (χ2v) is 4.34. The van der Waals surface area contributed by atoms with Crippen LogP contribution in [0.5, 0.6) is 0 Å². The van der Waals surface area contributed by atoms with E-state index in [9.17, 15) is 0 Å². The molecule has 0 saturated carbocycles. The fourth-order valence-corrected chi connectivity index (χ4v) is 1.62. The number of hydrogen-bond donors (Lipinski definition) is 2. The van der Waals surface area contributed by atoms with Gasteiger partial charge in [0.05, 0.1) is 5.69 Å². The van der Waals surface area contributed by atoms with Crippen LogP contribution in [-0.2, 0) is 0 Å². The number of nitrogens with one attached hydrogen (secondary N) is 1. The van der Waals surface area contributed by atoms with Crippen molar-refractivity contribution in [2.75, 3.05) is 17.6 Å². The lowest BCUT2D eigenvalue weighted by Gasteiger charge is -2.06. The van der Waals surface area contributed by atoms with Crippen molar-refractivity contribution in [3.8, 4) is 5.82 Å². The Bertz CT molecular complexity index is 531. The van der Waals surface area contributed by atoms with Gasteiger partial charge in [-0.2, -0.15) is 15.1 Å². The fraction of sp³-hybridized carbons (Fsp3) is 0.417. The Kier molecular flexibility index (Phi) is 3.45. The van der Waals surface area contributed by atoms with Crippen LogP contribution in [-0.4, -0.2) is 26.3 Å². The Morgan fingerprint density at radius 2 is 2.17 bits per heavy atom. The number of nitrogens with zero attached hydrogens (tertiary/aromatic N) is 4. The van der Waals surface area contributed by atoms with Gasteiger partial charge in [-0.1, -0.05) is 13.8 Å². The summed E-state index contributed by atoms with van der Waals surface area (Å²) in [6.07, 6.45) is 1.88. The quantitative estimate of drug-likeness (QED) is 0.859. The molecule has 18 heavy (non-hydrogen) atoms. The van der Waals surface area contributed by atoms with Crippen molar-refractivity contribution in [1.82, 2.24) is 19.7 Å². The largest absolute Gasteiger partial charge is 0.370 e. The highest BCUT2D eigenvalue weighted by atomic mass is 15.3. The Labute approximate surface area is 106 Å². The van der Waals surface area contributed by atoms with Crippen LogP contribution in [0.3, 0.4) is 0 Å². The van der Waals surface area contributed by atoms with Crippen molar-refractivity contribution in [3.63, 3.8) is 0 Å². The predicted molar refractivity (Wildman–Crippen MR) is 71.8 cm³/mol. The van der Waals surface area contributed by atoms with E-state index in [0.29, 0.717) is 17.6 Å². The van der Waals surface area contributed by atoms with Gasteiger partial charge in [0.25, 0.3) is 0 Å². The molecule has 0 aliphatic carbocycles. The lowest BCUT2D eigenvalue weighted by Crippen LogP contribution is -2.08. The van der Waals surface area contributed by atoms with Crippen molar-refractivity contribution in [1.29, 1.82) is 0 Å². The van der Waals surface area contributed by atoms with E-state index in [2.05, 4.69) is 34.2 Å². The first kappa shape index (κ1) is 12.3. The van der Waals surface area contributed by atoms with Crippen molar-refractivity contribution in [3.05, 3.63) is 24.0 Å². The number of nitrogen functional groups attached to an aromatic ring is 1. The lowest BCUT2D eigenvalue weighted by atomic mass is 10.1. The molecule has 0 atom stereocenters. The summed E-state index contributed by atoms with van der Waals surface area (Å²) in [7, 11) is 0. The van der Waals surface area contributed by atoms with Crippen LogP contribution in [0.25, 0.3) is 5.82 Å². The number of anilines is 2. The molecule has 2 heterocycles. The van der Waals surface area contributed by atoms with Gasteiger partial charge in [0.2, 0.25) is 5.95 Å². The summed E-state index contributed by atoms with van der Waals surface area (Å²) in [5, 5.41) is 7.58. The van der Waals surface area contributed by atoms with Crippen LogP contribution >= 0.6 is 0 Å². The van der Waals surface area contributed by atoms with Gasteiger partial charge in [-0.3, -0.25) is 0 Å². The van der Waals surface area contributed by atoms with Gasteiger partial charge in [0.1, 0.15) is 5.82 Å². The molecule has 0 amide bonds. The minimum atomic E-state index is 0.241. The second kappa shape index (κ2) is 5.03. The average Bonchev–Trinajstić information content (AvgIpc) is 2.78. The maximum atomic E-state index is 5.69. The van der Waals surface area contributed by atoms with Crippen molar-refractivity contribution in [2.24, 2.45) is 0 Å². The Hall–Kier alpha value is -2.11. The first-order valence-corrected chi connectivity index (χ1v) is 6.04. The van der Waals surface area contributed by atoms with Crippen LogP contribution in [0.1, 0.15) is 32.4 Å². The molecule has 2 aromatic heterocycles. The third-order valence-electron chi connectivity index (χ3n) is 2.52. The molecule has 6 nitrogen and oxygen atoms in total. The summed E-state index contributed by atoms with van der Waals surface area (Å²) in [6, 6.07) is 3.81. The zero-order chi connectivity index (χ0) is 13.1. The maximum Gasteiger partial charge on any atom is 0.224 e. The smallest absolute Gasteiger partial charge is 0.224 e. The van der Waals surface area contributed by atoms with Crippen LogP contribution in [0.2, 0.25) is 0 Å². The van der Waals surface area contributed by atoms with E-state index in [-0.39, 0.29) is 5.95 Å². The maximum absolute atomic E-state index is 5.69. The number of hydrogen-bond acceptors (Lipinski definition) is 5. The predicted octanol–water partition coefficient (Wildman–Crippen LogP) is 1.80. The molecule has 0 aromatic carbocycles. The Morgan fingerprint density at radius 1 is 1.39 bits per heavy atom. The molecule has 0 spiro atoms. The van der Waals surface area contributed by atoms with Gasteiger partial charge in [-0.15, -0.1) is 0 Å². The van der Waals surface area contributed by atoms with Gasteiger partial charge >= 0.3 is 0 Å². The minimum absolute atomic E-state index is 0.241. The summed E-state index contributed by atoms with van der Waals surface area (Å²) in [5.74, 6) is 2.01. The highest BCUT2D eigenvalue weighted by molar-refractivity contribution is 5.45. The number of rotatable bonds is 4. The van der Waals surface area contributed by atoms with E-state index < -0.39 is 0 Å². The van der Waals surface area contributed by atoms with Crippen LogP contribution in [0, 0.1) is 0 Å². The second-order valence-electron chi connectivity index (χ2n) is 4.34. The standard InChI is InChI=1S/C12H18N6/c1-4-14-10-7-11(16-12(13)15-10)18-6-5-9(17-18)8(2)3/h5-8H,4H2,1-3H3,(H3,13,14,15,16). The normalized spacial score (nSPS) is 10.9. The lowest BCUT2D eigenvalue weighted by molar-refractivity contribution is 0.757. The van der Waals surface area contributed by atoms with Crippen LogP contribution < -0.4 is 11.1 Å². The van der Waals surface area contributed by atoms with Gasteiger partial charge in [-0.05, 0) is 18.9 Å². The number of aromatic nitrogens is 4. The molecule has 6 heteroatoms. The molecule has 0 aliphatic heterocycles. The van der Waals surface area contributed by atoms with E-state index in [1.54, 1.807) is 4.68 Å². The summed E-state index contributed by atoms with van der Waals surface area (Å²) < 4.78 is 1.72. The van der Waals surface area contributed by atoms with Gasteiger partial charge in [0.15, 0.2) is 5.82 Å². The molecule has 0 fully saturated rings. The van der Waals surface area contributed by atoms with E-state index >= 15 is 0 Å². The van der Waals surface area contributed by atoms with E-state index in [0.717, 1.165) is 12.2 Å². The summed E-state index contributed by atoms with van der Waals surface area (Å²) in [4.78, 5) is 8.29. The zero-order valence-corrected chi connectivity index (χ0v) is 10.9. The van der Waals surface area contributed by atoms with Gasteiger partial charge < -0.3 is 11.1 Å². The first-order valence-electron chi connectivity index (χ1n) is 6.04. The average molecular weight is 246 g/mol. The number of nitrogens with two attached hydrogens (primary N) is 1. The fourth-order valence-electron chi connectivity index (χ4n) is 1.62. The van der Waals surface area contributed by atoms with Crippen molar-refractivity contribution < 1.29 is 0 Å². The SMILES string of the molecule is CCNc1cc(-n2ccc(C(C)C)n2)nc(N)n1. The van der Waals surface area contributed by atoms with Crippen LogP contribution in [0.15, 0.2) is 18.3 Å². The third kappa shape index (κ3) is 2.58. The van der Waals surface area contributed by atoms with Crippen molar-refractivity contribution in [2.45, 2.75) is 26.7 Å². The molecular weight excluding hydrogens is 228 g/mol. The summed E-state index contributed by atoms with van der Waals surface area (Å²) in [5.41, 5.74) is 6.72. The monoisotopic (exact) mass is 246 g/mol.